The summed E-state index contributed by atoms with van der Waals surface area (Å²) in [7, 11) is 0. The average molecular weight is 299 g/mol. The fourth-order valence-corrected chi connectivity index (χ4v) is 1.89. The molecule has 0 spiro atoms. The van der Waals surface area contributed by atoms with E-state index in [0.29, 0.717) is 0 Å². The number of hydrogen-bond donors (Lipinski definition) is 2. The number of benzene rings is 1. The first-order chi connectivity index (χ1) is 10.5. The molecule has 0 fully saturated rings. The summed E-state index contributed by atoms with van der Waals surface area (Å²) >= 11 is 0. The zero-order valence-electron chi connectivity index (χ0n) is 13.8. The van der Waals surface area contributed by atoms with Crippen molar-refractivity contribution in [2.24, 2.45) is 0 Å². The lowest BCUT2D eigenvalue weighted by Crippen LogP contribution is -2.29. The van der Waals surface area contributed by atoms with Crippen molar-refractivity contribution in [2.45, 2.75) is 52.6 Å². The fourth-order valence-electron chi connectivity index (χ4n) is 1.89. The Morgan fingerprint density at radius 3 is 2.41 bits per heavy atom. The van der Waals surface area contributed by atoms with Crippen LogP contribution >= 0.6 is 0 Å². The molecule has 118 valence electrons. The highest BCUT2D eigenvalue weighted by Gasteiger charge is 2.13. The van der Waals surface area contributed by atoms with Crippen molar-refractivity contribution in [2.75, 3.05) is 0 Å². The summed E-state index contributed by atoms with van der Waals surface area (Å²) in [5.74, 6) is -0.356. The van der Waals surface area contributed by atoms with Gasteiger partial charge in [0.2, 0.25) is 0 Å². The number of carbonyl (C=O) groups is 1. The minimum Gasteiger partial charge on any atom is -0.387 e. The number of carbonyl (C=O) groups excluding carboxylic acids is 1. The minimum absolute atomic E-state index is 0.0947. The molecule has 1 rings (SSSR count). The van der Waals surface area contributed by atoms with Crippen LogP contribution in [0.3, 0.4) is 0 Å². The molecule has 1 amide bonds. The van der Waals surface area contributed by atoms with Crippen LogP contribution in [0.5, 0.6) is 0 Å². The molecule has 0 radical (unpaired) electrons. The van der Waals surface area contributed by atoms with E-state index >= 15 is 0 Å². The number of hydrogen-bond acceptors (Lipinski definition) is 3. The highest BCUT2D eigenvalue weighted by molar-refractivity contribution is 5.97. The van der Waals surface area contributed by atoms with Gasteiger partial charge in [0.15, 0.2) is 0 Å². The summed E-state index contributed by atoms with van der Waals surface area (Å²) in [6.07, 6.45) is 3.41. The van der Waals surface area contributed by atoms with E-state index in [1.165, 1.54) is 11.8 Å². The molecule has 0 heterocycles. The molecule has 22 heavy (non-hydrogen) atoms. The molecule has 0 aliphatic rings. The van der Waals surface area contributed by atoms with Crippen molar-refractivity contribution in [3.8, 4) is 6.07 Å². The lowest BCUT2D eigenvalue weighted by Gasteiger charge is -2.15. The fraction of sp³-hybridized carbons (Fsp3) is 0.444. The summed E-state index contributed by atoms with van der Waals surface area (Å²) < 4.78 is 0. The van der Waals surface area contributed by atoms with E-state index in [4.69, 9.17) is 5.26 Å². The van der Waals surface area contributed by atoms with Crippen molar-refractivity contribution < 1.29 is 4.79 Å². The van der Waals surface area contributed by atoms with Gasteiger partial charge in [0.25, 0.3) is 5.91 Å². The van der Waals surface area contributed by atoms with Crippen molar-refractivity contribution in [3.63, 3.8) is 0 Å². The van der Waals surface area contributed by atoms with Gasteiger partial charge in [0, 0.05) is 12.2 Å². The Labute approximate surface area is 133 Å². The quantitative estimate of drug-likeness (QED) is 0.600. The summed E-state index contributed by atoms with van der Waals surface area (Å²) in [5.41, 5.74) is 2.38. The molecule has 0 bridgehead atoms. The van der Waals surface area contributed by atoms with E-state index in [2.05, 4.69) is 29.7 Å². The van der Waals surface area contributed by atoms with Gasteiger partial charge in [-0.2, -0.15) is 5.26 Å². The topological polar surface area (TPSA) is 64.9 Å². The molecule has 0 aromatic heterocycles. The molecule has 2 atom stereocenters. The number of amides is 1. The maximum atomic E-state index is 12.1. The molecule has 4 heteroatoms. The monoisotopic (exact) mass is 299 g/mol. The molecule has 1 aromatic carbocycles. The van der Waals surface area contributed by atoms with Gasteiger partial charge >= 0.3 is 0 Å². The average Bonchev–Trinajstić information content (AvgIpc) is 2.55. The zero-order valence-corrected chi connectivity index (χ0v) is 13.8. The van der Waals surface area contributed by atoms with Gasteiger partial charge in [-0.1, -0.05) is 38.1 Å². The second kappa shape index (κ2) is 8.89. The van der Waals surface area contributed by atoms with Crippen LogP contribution in [0.4, 0.5) is 0 Å². The Kier molecular flexibility index (Phi) is 7.18. The molecule has 0 aliphatic carbocycles. The predicted octanol–water partition coefficient (Wildman–Crippen LogP) is 3.22. The largest absolute Gasteiger partial charge is 0.387 e. The van der Waals surface area contributed by atoms with Crippen LogP contribution in [0, 0.1) is 11.3 Å². The summed E-state index contributed by atoms with van der Waals surface area (Å²) in [4.78, 5) is 12.1. The van der Waals surface area contributed by atoms with Gasteiger partial charge in [0.05, 0.1) is 6.04 Å². The second-order valence-corrected chi connectivity index (χ2v) is 5.44. The van der Waals surface area contributed by atoms with E-state index in [1.54, 1.807) is 0 Å². The molecular weight excluding hydrogens is 274 g/mol. The second-order valence-electron chi connectivity index (χ2n) is 5.44. The predicted molar refractivity (Wildman–Crippen MR) is 89.0 cm³/mol. The normalized spacial score (nSPS) is 13.9. The van der Waals surface area contributed by atoms with E-state index in [0.717, 1.165) is 18.4 Å². The smallest absolute Gasteiger partial charge is 0.263 e. The van der Waals surface area contributed by atoms with Crippen LogP contribution in [-0.4, -0.2) is 11.9 Å². The van der Waals surface area contributed by atoms with Crippen LogP contribution in [0.25, 0.3) is 0 Å². The van der Waals surface area contributed by atoms with E-state index in [-0.39, 0.29) is 23.6 Å². The third-order valence-electron chi connectivity index (χ3n) is 3.73. The first-order valence-electron chi connectivity index (χ1n) is 7.77. The van der Waals surface area contributed by atoms with E-state index < -0.39 is 0 Å². The summed E-state index contributed by atoms with van der Waals surface area (Å²) in [5, 5.41) is 15.0. The lowest BCUT2D eigenvalue weighted by molar-refractivity contribution is -0.117. The molecule has 2 unspecified atom stereocenters. The van der Waals surface area contributed by atoms with E-state index in [1.807, 2.05) is 39.0 Å². The number of nitrogens with one attached hydrogen (secondary N) is 2. The molecule has 1 aromatic rings. The van der Waals surface area contributed by atoms with Crippen LogP contribution < -0.4 is 10.6 Å². The Morgan fingerprint density at radius 1 is 1.27 bits per heavy atom. The third kappa shape index (κ3) is 5.25. The standard InChI is InChI=1S/C18H25N3O/c1-5-13(3)20-12-17(11-19)18(22)21-14(4)16-9-7-15(6-2)8-10-16/h7-10,12-14,20H,5-6H2,1-4H3,(H,21,22)/b17-12-. The van der Waals surface area contributed by atoms with Crippen LogP contribution in [0.2, 0.25) is 0 Å². The van der Waals surface area contributed by atoms with Crippen molar-refractivity contribution >= 4 is 5.91 Å². The molecule has 0 saturated heterocycles. The molecule has 0 saturated carbocycles. The molecular formula is C18H25N3O. The third-order valence-corrected chi connectivity index (χ3v) is 3.73. The number of aryl methyl sites for hydroxylation is 1. The minimum atomic E-state index is -0.356. The first kappa shape index (κ1) is 17.8. The Morgan fingerprint density at radius 2 is 1.91 bits per heavy atom. The van der Waals surface area contributed by atoms with Gasteiger partial charge in [-0.15, -0.1) is 0 Å². The number of rotatable bonds is 7. The summed E-state index contributed by atoms with van der Waals surface area (Å²) in [6.45, 7) is 8.06. The van der Waals surface area contributed by atoms with Crippen LogP contribution in [0.1, 0.15) is 51.3 Å². The maximum Gasteiger partial charge on any atom is 0.263 e. The van der Waals surface area contributed by atoms with Gasteiger partial charge in [0.1, 0.15) is 11.6 Å². The Hall–Kier alpha value is -2.28. The van der Waals surface area contributed by atoms with Gasteiger partial charge in [-0.05, 0) is 37.8 Å². The van der Waals surface area contributed by atoms with Crippen molar-refractivity contribution in [1.29, 1.82) is 5.26 Å². The molecule has 0 aliphatic heterocycles. The van der Waals surface area contributed by atoms with Crippen molar-refractivity contribution in [3.05, 3.63) is 47.2 Å². The van der Waals surface area contributed by atoms with Gasteiger partial charge in [-0.25, -0.2) is 0 Å². The number of nitrogens with zero attached hydrogens (tertiary/aromatic N) is 1. The lowest BCUT2D eigenvalue weighted by atomic mass is 10.0. The Balaban J connectivity index is 2.70. The number of nitriles is 1. The molecule has 4 nitrogen and oxygen atoms in total. The van der Waals surface area contributed by atoms with Crippen LogP contribution in [-0.2, 0) is 11.2 Å². The maximum absolute atomic E-state index is 12.1. The first-order valence-corrected chi connectivity index (χ1v) is 7.77. The molecule has 2 N–H and O–H groups in total. The SMILES string of the molecule is CCc1ccc(C(C)NC(=O)/C(C#N)=C\NC(C)CC)cc1. The van der Waals surface area contributed by atoms with E-state index in [9.17, 15) is 4.79 Å². The highest BCUT2D eigenvalue weighted by atomic mass is 16.1. The highest BCUT2D eigenvalue weighted by Crippen LogP contribution is 2.14. The van der Waals surface area contributed by atoms with Crippen LogP contribution in [0.15, 0.2) is 36.0 Å². The summed E-state index contributed by atoms with van der Waals surface area (Å²) in [6, 6.07) is 10.2. The van der Waals surface area contributed by atoms with Gasteiger partial charge < -0.3 is 10.6 Å². The van der Waals surface area contributed by atoms with Crippen molar-refractivity contribution in [1.82, 2.24) is 10.6 Å². The Bertz CT molecular complexity index is 555. The zero-order chi connectivity index (χ0) is 16.5. The van der Waals surface area contributed by atoms with Gasteiger partial charge in [-0.3, -0.25) is 4.79 Å².